The molecule has 0 aliphatic carbocycles. The van der Waals surface area contributed by atoms with Crippen LogP contribution in [0.15, 0.2) is 63.1 Å². The number of carbonyl (C=O) groups is 1. The fourth-order valence-corrected chi connectivity index (χ4v) is 2.54. The monoisotopic (exact) mass is 377 g/mol. The molecule has 0 aliphatic heterocycles. The molecule has 0 saturated heterocycles. The smallest absolute Gasteiger partial charge is 0.280 e. The predicted molar refractivity (Wildman–Crippen MR) is 99.7 cm³/mol. The quantitative estimate of drug-likeness (QED) is 0.300. The maximum absolute atomic E-state index is 12.2. The van der Waals surface area contributed by atoms with Crippen molar-refractivity contribution in [2.24, 2.45) is 0 Å². The molecule has 0 aliphatic rings. The molecular formula is C20H15N3O5. The zero-order chi connectivity index (χ0) is 20.1. The number of rotatable bonds is 6. The van der Waals surface area contributed by atoms with Crippen molar-refractivity contribution >= 4 is 17.7 Å². The number of amides is 1. The summed E-state index contributed by atoms with van der Waals surface area (Å²) in [5, 5.41) is 23.1. The van der Waals surface area contributed by atoms with Crippen LogP contribution in [0.25, 0.3) is 17.4 Å². The van der Waals surface area contributed by atoms with E-state index in [0.717, 1.165) is 5.56 Å². The van der Waals surface area contributed by atoms with Crippen molar-refractivity contribution in [1.29, 1.82) is 5.26 Å². The van der Waals surface area contributed by atoms with Crippen LogP contribution in [0.2, 0.25) is 0 Å². The van der Waals surface area contributed by atoms with Crippen molar-refractivity contribution in [1.82, 2.24) is 5.32 Å². The number of nitrogens with one attached hydrogen (secondary N) is 1. The summed E-state index contributed by atoms with van der Waals surface area (Å²) in [5.41, 5.74) is 0.825. The molecule has 0 atom stereocenters. The highest BCUT2D eigenvalue weighted by Crippen LogP contribution is 2.32. The van der Waals surface area contributed by atoms with Crippen molar-refractivity contribution in [3.8, 4) is 17.4 Å². The van der Waals surface area contributed by atoms with Crippen molar-refractivity contribution in [2.75, 3.05) is 0 Å². The maximum atomic E-state index is 12.2. The molecule has 1 N–H and O–H groups in total. The van der Waals surface area contributed by atoms with Gasteiger partial charge in [-0.1, -0.05) is 6.07 Å². The molecule has 8 nitrogen and oxygen atoms in total. The Morgan fingerprint density at radius 3 is 2.82 bits per heavy atom. The van der Waals surface area contributed by atoms with Gasteiger partial charge in [-0.25, -0.2) is 0 Å². The van der Waals surface area contributed by atoms with Crippen molar-refractivity contribution in [3.05, 3.63) is 81.5 Å². The van der Waals surface area contributed by atoms with Gasteiger partial charge in [0.1, 0.15) is 28.9 Å². The van der Waals surface area contributed by atoms with E-state index in [1.807, 2.05) is 6.07 Å². The molecule has 28 heavy (non-hydrogen) atoms. The molecular weight excluding hydrogens is 362 g/mol. The lowest BCUT2D eigenvalue weighted by atomic mass is 10.1. The lowest BCUT2D eigenvalue weighted by Crippen LogP contribution is -2.23. The first-order chi connectivity index (χ1) is 13.5. The normalized spacial score (nSPS) is 11.1. The minimum absolute atomic E-state index is 0.0819. The fourth-order valence-electron chi connectivity index (χ4n) is 2.54. The Kier molecular flexibility index (Phi) is 5.37. The summed E-state index contributed by atoms with van der Waals surface area (Å²) in [7, 11) is 0. The summed E-state index contributed by atoms with van der Waals surface area (Å²) in [6.07, 6.45) is 2.76. The molecule has 0 radical (unpaired) electrons. The van der Waals surface area contributed by atoms with Gasteiger partial charge in [0, 0.05) is 12.1 Å². The Balaban J connectivity index is 1.82. The van der Waals surface area contributed by atoms with Crippen molar-refractivity contribution < 1.29 is 18.6 Å². The molecule has 0 saturated carbocycles. The number of nitrogens with zero attached hydrogens (tertiary/aromatic N) is 2. The Morgan fingerprint density at radius 1 is 1.32 bits per heavy atom. The zero-order valence-electron chi connectivity index (χ0n) is 14.8. The first-order valence-electron chi connectivity index (χ1n) is 8.25. The summed E-state index contributed by atoms with van der Waals surface area (Å²) in [6.45, 7) is 1.90. The van der Waals surface area contributed by atoms with Crippen LogP contribution in [0.1, 0.15) is 17.1 Å². The molecule has 0 unspecified atom stereocenters. The predicted octanol–water partition coefficient (Wildman–Crippen LogP) is 3.98. The van der Waals surface area contributed by atoms with Gasteiger partial charge in [0.05, 0.1) is 23.3 Å². The molecule has 1 amide bonds. The number of nitro groups is 1. The fraction of sp³-hybridized carbons (Fsp3) is 0.100. The lowest BCUT2D eigenvalue weighted by molar-refractivity contribution is -0.384. The molecule has 3 aromatic rings. The van der Waals surface area contributed by atoms with Gasteiger partial charge in [0.15, 0.2) is 0 Å². The molecule has 2 aromatic heterocycles. The number of furan rings is 2. The highest BCUT2D eigenvalue weighted by atomic mass is 16.6. The second-order valence-electron chi connectivity index (χ2n) is 5.91. The number of hydrogen-bond donors (Lipinski definition) is 1. The summed E-state index contributed by atoms with van der Waals surface area (Å²) in [5.74, 6) is 0.469. The van der Waals surface area contributed by atoms with E-state index in [9.17, 15) is 20.2 Å². The Hall–Kier alpha value is -4.12. The third kappa shape index (κ3) is 4.16. The number of nitriles is 1. The Labute approximate surface area is 159 Å². The van der Waals surface area contributed by atoms with Gasteiger partial charge in [0.25, 0.3) is 11.6 Å². The number of nitro benzene ring substituents is 1. The third-order valence-corrected chi connectivity index (χ3v) is 3.90. The molecule has 8 heteroatoms. The van der Waals surface area contributed by atoms with E-state index < -0.39 is 10.8 Å². The number of aryl methyl sites for hydroxylation is 1. The molecule has 3 rings (SSSR count). The van der Waals surface area contributed by atoms with E-state index >= 15 is 0 Å². The largest absolute Gasteiger partial charge is 0.467 e. The van der Waals surface area contributed by atoms with E-state index in [-0.39, 0.29) is 29.3 Å². The maximum Gasteiger partial charge on any atom is 0.280 e. The topological polar surface area (TPSA) is 122 Å². The van der Waals surface area contributed by atoms with Gasteiger partial charge in [-0.3, -0.25) is 14.9 Å². The SMILES string of the molecule is Cc1ccc(-c2ccc(/C=C(\C#N)C(=O)NCc3ccco3)o2)c([N+](=O)[O-])c1. The third-order valence-electron chi connectivity index (χ3n) is 3.90. The highest BCUT2D eigenvalue weighted by Gasteiger charge is 2.18. The minimum Gasteiger partial charge on any atom is -0.467 e. The summed E-state index contributed by atoms with van der Waals surface area (Å²) < 4.78 is 10.7. The van der Waals surface area contributed by atoms with E-state index in [1.54, 1.807) is 37.3 Å². The zero-order valence-corrected chi connectivity index (χ0v) is 14.8. The summed E-state index contributed by atoms with van der Waals surface area (Å²) in [6, 6.07) is 13.1. The van der Waals surface area contributed by atoms with Crippen LogP contribution in [-0.2, 0) is 11.3 Å². The van der Waals surface area contributed by atoms with E-state index in [0.29, 0.717) is 11.3 Å². The molecule has 0 spiro atoms. The van der Waals surface area contributed by atoms with Gasteiger partial charge in [-0.05, 0) is 42.8 Å². The summed E-state index contributed by atoms with van der Waals surface area (Å²) >= 11 is 0. The van der Waals surface area contributed by atoms with Gasteiger partial charge in [0.2, 0.25) is 0 Å². The molecule has 0 bridgehead atoms. The highest BCUT2D eigenvalue weighted by molar-refractivity contribution is 6.01. The Bertz CT molecular complexity index is 1090. The first kappa shape index (κ1) is 18.7. The van der Waals surface area contributed by atoms with Crippen LogP contribution in [0.3, 0.4) is 0 Å². The van der Waals surface area contributed by atoms with Crippen molar-refractivity contribution in [3.63, 3.8) is 0 Å². The van der Waals surface area contributed by atoms with Crippen LogP contribution in [0.5, 0.6) is 0 Å². The van der Waals surface area contributed by atoms with Crippen molar-refractivity contribution in [2.45, 2.75) is 13.5 Å². The molecule has 0 fully saturated rings. The lowest BCUT2D eigenvalue weighted by Gasteiger charge is -2.02. The first-order valence-corrected chi connectivity index (χ1v) is 8.25. The van der Waals surface area contributed by atoms with Crippen LogP contribution < -0.4 is 5.32 Å². The van der Waals surface area contributed by atoms with Crippen LogP contribution in [0.4, 0.5) is 5.69 Å². The molecule has 140 valence electrons. The number of carbonyl (C=O) groups excluding carboxylic acids is 1. The van der Waals surface area contributed by atoms with Gasteiger partial charge < -0.3 is 14.2 Å². The second-order valence-corrected chi connectivity index (χ2v) is 5.91. The van der Waals surface area contributed by atoms with E-state index in [1.165, 1.54) is 24.5 Å². The molecule has 2 heterocycles. The van der Waals surface area contributed by atoms with E-state index in [4.69, 9.17) is 8.83 Å². The van der Waals surface area contributed by atoms with Gasteiger partial charge in [-0.2, -0.15) is 5.26 Å². The summed E-state index contributed by atoms with van der Waals surface area (Å²) in [4.78, 5) is 23.0. The standard InChI is InChI=1S/C20H15N3O5/c1-13-4-6-17(18(9-13)23(25)26)19-7-5-15(28-19)10-14(11-21)20(24)22-12-16-3-2-8-27-16/h2-10H,12H2,1H3,(H,22,24)/b14-10+. The second kappa shape index (κ2) is 8.05. The van der Waals surface area contributed by atoms with E-state index in [2.05, 4.69) is 5.32 Å². The average Bonchev–Trinajstić information content (AvgIpc) is 3.36. The average molecular weight is 377 g/mol. The minimum atomic E-state index is -0.585. The van der Waals surface area contributed by atoms with Gasteiger partial charge >= 0.3 is 0 Å². The Morgan fingerprint density at radius 2 is 2.14 bits per heavy atom. The van der Waals surface area contributed by atoms with Crippen LogP contribution in [0, 0.1) is 28.4 Å². The number of benzene rings is 1. The van der Waals surface area contributed by atoms with Crippen LogP contribution >= 0.6 is 0 Å². The van der Waals surface area contributed by atoms with Crippen LogP contribution in [-0.4, -0.2) is 10.8 Å². The number of hydrogen-bond acceptors (Lipinski definition) is 6. The van der Waals surface area contributed by atoms with Gasteiger partial charge in [-0.15, -0.1) is 0 Å². The molecule has 1 aromatic carbocycles.